The molecule has 0 radical (unpaired) electrons. The summed E-state index contributed by atoms with van der Waals surface area (Å²) < 4.78 is 7.29. The quantitative estimate of drug-likeness (QED) is 0.888. The Hall–Kier alpha value is -1.88. The average Bonchev–Trinajstić information content (AvgIpc) is 2.79. The first-order valence-corrected chi connectivity index (χ1v) is 6.43. The molecule has 0 bridgehead atoms. The average molecular weight is 261 g/mol. The molecule has 2 aromatic rings. The molecule has 0 saturated heterocycles. The zero-order chi connectivity index (χ0) is 13.8. The van der Waals surface area contributed by atoms with Gasteiger partial charge >= 0.3 is 0 Å². The van der Waals surface area contributed by atoms with Crippen molar-refractivity contribution in [2.75, 3.05) is 6.54 Å². The zero-order valence-electron chi connectivity index (χ0n) is 11.6. The third-order valence-electron chi connectivity index (χ3n) is 2.91. The molecule has 2 heterocycles. The maximum atomic E-state index is 11.9. The Morgan fingerprint density at radius 3 is 2.74 bits per heavy atom. The van der Waals surface area contributed by atoms with Crippen molar-refractivity contribution in [2.45, 2.75) is 33.9 Å². The second kappa shape index (κ2) is 5.84. The first-order chi connectivity index (χ1) is 9.10. The Morgan fingerprint density at radius 1 is 1.32 bits per heavy atom. The van der Waals surface area contributed by atoms with Gasteiger partial charge in [0, 0.05) is 11.8 Å². The van der Waals surface area contributed by atoms with Crippen molar-refractivity contribution in [1.82, 2.24) is 14.9 Å². The van der Waals surface area contributed by atoms with Gasteiger partial charge in [0.15, 0.2) is 0 Å². The van der Waals surface area contributed by atoms with E-state index in [0.29, 0.717) is 18.9 Å². The fraction of sp³-hybridized carbons (Fsp3) is 0.429. The van der Waals surface area contributed by atoms with Crippen LogP contribution in [0.15, 0.2) is 27.4 Å². The number of hydrogen-bond donors (Lipinski definition) is 1. The van der Waals surface area contributed by atoms with E-state index in [1.54, 1.807) is 4.57 Å². The van der Waals surface area contributed by atoms with Crippen LogP contribution in [-0.2, 0) is 13.1 Å². The Morgan fingerprint density at radius 2 is 2.05 bits per heavy atom. The van der Waals surface area contributed by atoms with Crippen molar-refractivity contribution in [3.63, 3.8) is 0 Å². The molecule has 2 rings (SSSR count). The summed E-state index contributed by atoms with van der Waals surface area (Å²) in [5, 5.41) is 3.20. The van der Waals surface area contributed by atoms with Crippen LogP contribution in [-0.4, -0.2) is 16.1 Å². The van der Waals surface area contributed by atoms with E-state index < -0.39 is 0 Å². The van der Waals surface area contributed by atoms with Gasteiger partial charge in [-0.3, -0.25) is 9.36 Å². The number of aromatic nitrogens is 2. The Kier molecular flexibility index (Phi) is 4.16. The van der Waals surface area contributed by atoms with E-state index in [1.807, 2.05) is 32.9 Å². The van der Waals surface area contributed by atoms with Crippen LogP contribution in [0.3, 0.4) is 0 Å². The fourth-order valence-electron chi connectivity index (χ4n) is 1.96. The van der Waals surface area contributed by atoms with Crippen molar-refractivity contribution < 1.29 is 4.42 Å². The molecule has 19 heavy (non-hydrogen) atoms. The van der Waals surface area contributed by atoms with E-state index in [-0.39, 0.29) is 5.56 Å². The summed E-state index contributed by atoms with van der Waals surface area (Å²) >= 11 is 0. The van der Waals surface area contributed by atoms with Crippen LogP contribution in [0.4, 0.5) is 0 Å². The number of furan rings is 1. The molecule has 0 aliphatic heterocycles. The summed E-state index contributed by atoms with van der Waals surface area (Å²) in [4.78, 5) is 16.2. The normalized spacial score (nSPS) is 10.9. The molecule has 0 amide bonds. The van der Waals surface area contributed by atoms with Crippen LogP contribution in [0.25, 0.3) is 0 Å². The van der Waals surface area contributed by atoms with E-state index in [0.717, 1.165) is 23.8 Å². The molecular formula is C14H19N3O2. The van der Waals surface area contributed by atoms with E-state index in [9.17, 15) is 4.79 Å². The molecule has 0 aromatic carbocycles. The van der Waals surface area contributed by atoms with Crippen LogP contribution in [0.1, 0.15) is 30.0 Å². The first kappa shape index (κ1) is 13.5. The van der Waals surface area contributed by atoms with Gasteiger partial charge < -0.3 is 9.73 Å². The van der Waals surface area contributed by atoms with Crippen LogP contribution >= 0.6 is 0 Å². The Labute approximate surface area is 112 Å². The third-order valence-corrected chi connectivity index (χ3v) is 2.91. The van der Waals surface area contributed by atoms with Crippen molar-refractivity contribution in [3.8, 4) is 0 Å². The molecule has 0 unspecified atom stereocenters. The Bertz CT molecular complexity index is 613. The maximum absolute atomic E-state index is 11.9. The minimum absolute atomic E-state index is 0.0466. The number of nitrogens with zero attached hydrogens (tertiary/aromatic N) is 2. The zero-order valence-corrected chi connectivity index (χ0v) is 11.6. The molecule has 0 aliphatic carbocycles. The van der Waals surface area contributed by atoms with Crippen LogP contribution in [0.2, 0.25) is 0 Å². The highest BCUT2D eigenvalue weighted by molar-refractivity contribution is 5.09. The molecule has 0 saturated carbocycles. The summed E-state index contributed by atoms with van der Waals surface area (Å²) in [5.41, 5.74) is 0.695. The summed E-state index contributed by atoms with van der Waals surface area (Å²) in [6, 6.07) is 5.37. The molecule has 0 atom stereocenters. The topological polar surface area (TPSA) is 60.1 Å². The van der Waals surface area contributed by atoms with E-state index in [4.69, 9.17) is 4.42 Å². The van der Waals surface area contributed by atoms with Gasteiger partial charge in [0.1, 0.15) is 17.3 Å². The summed E-state index contributed by atoms with van der Waals surface area (Å²) in [6.07, 6.45) is 0. The second-order valence-electron chi connectivity index (χ2n) is 4.52. The molecule has 2 aromatic heterocycles. The van der Waals surface area contributed by atoms with E-state index in [1.165, 1.54) is 6.07 Å². The second-order valence-corrected chi connectivity index (χ2v) is 4.52. The van der Waals surface area contributed by atoms with Crippen LogP contribution in [0.5, 0.6) is 0 Å². The molecule has 0 spiro atoms. The van der Waals surface area contributed by atoms with Gasteiger partial charge in [-0.1, -0.05) is 6.92 Å². The summed E-state index contributed by atoms with van der Waals surface area (Å²) in [6.45, 7) is 7.72. The smallest absolute Gasteiger partial charge is 0.254 e. The van der Waals surface area contributed by atoms with Gasteiger partial charge in [0.25, 0.3) is 5.56 Å². The number of hydrogen-bond acceptors (Lipinski definition) is 4. The number of aryl methyl sites for hydroxylation is 2. The van der Waals surface area contributed by atoms with Crippen molar-refractivity contribution in [3.05, 3.63) is 51.6 Å². The molecule has 0 fully saturated rings. The minimum atomic E-state index is -0.0466. The minimum Gasteiger partial charge on any atom is -0.463 e. The Balaban J connectivity index is 2.17. The van der Waals surface area contributed by atoms with Crippen LogP contribution in [0, 0.1) is 13.8 Å². The van der Waals surface area contributed by atoms with Gasteiger partial charge in [0.2, 0.25) is 0 Å². The SMILES string of the molecule is CCNCc1ccc(Cn2c(C)nc(C)cc2=O)o1. The fourth-order valence-corrected chi connectivity index (χ4v) is 1.96. The molecular weight excluding hydrogens is 242 g/mol. The van der Waals surface area contributed by atoms with E-state index >= 15 is 0 Å². The molecule has 102 valence electrons. The predicted molar refractivity (Wildman–Crippen MR) is 73.2 cm³/mol. The molecule has 5 heteroatoms. The monoisotopic (exact) mass is 261 g/mol. The van der Waals surface area contributed by atoms with Gasteiger partial charge in [-0.25, -0.2) is 4.98 Å². The van der Waals surface area contributed by atoms with Gasteiger partial charge in [-0.15, -0.1) is 0 Å². The highest BCUT2D eigenvalue weighted by atomic mass is 16.3. The van der Waals surface area contributed by atoms with Gasteiger partial charge in [-0.05, 0) is 32.5 Å². The third kappa shape index (κ3) is 3.32. The molecule has 5 nitrogen and oxygen atoms in total. The lowest BCUT2D eigenvalue weighted by atomic mass is 10.3. The largest absolute Gasteiger partial charge is 0.463 e. The number of nitrogens with one attached hydrogen (secondary N) is 1. The van der Waals surface area contributed by atoms with Crippen molar-refractivity contribution in [1.29, 1.82) is 0 Å². The molecule has 0 aliphatic rings. The highest BCUT2D eigenvalue weighted by Crippen LogP contribution is 2.09. The predicted octanol–water partition coefficient (Wildman–Crippen LogP) is 1.61. The standard InChI is InChI=1S/C14H19N3O2/c1-4-15-8-12-5-6-13(19-12)9-17-11(3)16-10(2)7-14(17)18/h5-7,15H,4,8-9H2,1-3H3. The lowest BCUT2D eigenvalue weighted by Crippen LogP contribution is -2.23. The first-order valence-electron chi connectivity index (χ1n) is 6.43. The summed E-state index contributed by atoms with van der Waals surface area (Å²) in [7, 11) is 0. The van der Waals surface area contributed by atoms with Gasteiger partial charge in [0.05, 0.1) is 13.1 Å². The summed E-state index contributed by atoms with van der Waals surface area (Å²) in [5.74, 6) is 2.35. The van der Waals surface area contributed by atoms with Crippen molar-refractivity contribution in [2.24, 2.45) is 0 Å². The highest BCUT2D eigenvalue weighted by Gasteiger charge is 2.07. The van der Waals surface area contributed by atoms with Gasteiger partial charge in [-0.2, -0.15) is 0 Å². The molecule has 1 N–H and O–H groups in total. The van der Waals surface area contributed by atoms with Crippen LogP contribution < -0.4 is 10.9 Å². The number of rotatable bonds is 5. The maximum Gasteiger partial charge on any atom is 0.254 e. The van der Waals surface area contributed by atoms with Crippen molar-refractivity contribution >= 4 is 0 Å². The van der Waals surface area contributed by atoms with E-state index in [2.05, 4.69) is 10.3 Å². The lowest BCUT2D eigenvalue weighted by Gasteiger charge is -2.07. The lowest BCUT2D eigenvalue weighted by molar-refractivity contribution is 0.435.